The molecule has 2 amide bonds. The number of hydrogen-bond acceptors (Lipinski definition) is 6. The fourth-order valence-corrected chi connectivity index (χ4v) is 4.48. The Balaban J connectivity index is 0.000000771. The fourth-order valence-electron chi connectivity index (χ4n) is 4.48. The van der Waals surface area contributed by atoms with Gasteiger partial charge in [-0.2, -0.15) is 13.2 Å². The zero-order valence-electron chi connectivity index (χ0n) is 25.5. The summed E-state index contributed by atoms with van der Waals surface area (Å²) < 4.78 is 31.7. The molecule has 5 N–H and O–H groups in total. The van der Waals surface area contributed by atoms with E-state index in [1.54, 1.807) is 6.20 Å². The smallest absolute Gasteiger partial charge is 0.481 e. The number of alkyl halides is 3. The number of carbonyl (C=O) groups excluding carboxylic acids is 2. The lowest BCUT2D eigenvalue weighted by Crippen LogP contribution is -2.39. The molecule has 10 nitrogen and oxygen atoms in total. The van der Waals surface area contributed by atoms with E-state index in [0.29, 0.717) is 24.9 Å². The Kier molecular flexibility index (Phi) is 13.3. The van der Waals surface area contributed by atoms with E-state index >= 15 is 0 Å². The van der Waals surface area contributed by atoms with Crippen molar-refractivity contribution >= 4 is 40.3 Å². The molecule has 0 aliphatic carbocycles. The van der Waals surface area contributed by atoms with E-state index in [4.69, 9.17) is 9.90 Å². The third-order valence-corrected chi connectivity index (χ3v) is 6.85. The van der Waals surface area contributed by atoms with E-state index in [1.165, 1.54) is 0 Å². The minimum absolute atomic E-state index is 0.213. The molecule has 0 saturated carbocycles. The normalized spacial score (nSPS) is 11.5. The topological polar surface area (TPSA) is 158 Å². The number of hydrogen-bond donors (Lipinski definition) is 5. The number of nitrogens with zero attached hydrogens (tertiary/aromatic N) is 1. The van der Waals surface area contributed by atoms with Gasteiger partial charge in [-0.1, -0.05) is 60.7 Å². The van der Waals surface area contributed by atoms with Crippen LogP contribution in [0, 0.1) is 6.92 Å². The first-order valence-electron chi connectivity index (χ1n) is 14.7. The van der Waals surface area contributed by atoms with Gasteiger partial charge in [-0.15, -0.1) is 0 Å². The van der Waals surface area contributed by atoms with Crippen LogP contribution in [-0.4, -0.2) is 58.2 Å². The Labute approximate surface area is 269 Å². The van der Waals surface area contributed by atoms with Crippen LogP contribution in [0.5, 0.6) is 0 Å². The summed E-state index contributed by atoms with van der Waals surface area (Å²) in [6.07, 6.45) is -1.86. The van der Waals surface area contributed by atoms with Gasteiger partial charge in [-0.25, -0.2) is 9.78 Å². The van der Waals surface area contributed by atoms with E-state index in [2.05, 4.69) is 45.2 Å². The summed E-state index contributed by atoms with van der Waals surface area (Å²) in [5, 5.41) is 27.4. The number of rotatable bonds is 13. The molecule has 1 aromatic heterocycles. The van der Waals surface area contributed by atoms with Crippen molar-refractivity contribution in [2.75, 3.05) is 18.4 Å². The molecule has 248 valence electrons. The summed E-state index contributed by atoms with van der Waals surface area (Å²) in [7, 11) is 0. The minimum atomic E-state index is -5.08. The number of benzene rings is 3. The van der Waals surface area contributed by atoms with Crippen molar-refractivity contribution < 1.29 is 42.6 Å². The van der Waals surface area contributed by atoms with Gasteiger partial charge >= 0.3 is 18.1 Å². The molecule has 0 aliphatic rings. The number of carboxylic acids is 2. The molecule has 0 fully saturated rings. The first-order chi connectivity index (χ1) is 22.3. The Bertz CT molecular complexity index is 1680. The van der Waals surface area contributed by atoms with Crippen molar-refractivity contribution in [1.29, 1.82) is 0 Å². The summed E-state index contributed by atoms with van der Waals surface area (Å²) in [5.41, 5.74) is 3.85. The predicted molar refractivity (Wildman–Crippen MR) is 171 cm³/mol. The molecule has 13 heteroatoms. The molecular formula is C34H35F3N4O6. The number of aliphatic carboxylic acids is 2. The first kappa shape index (κ1) is 36.0. The first-order valence-corrected chi connectivity index (χ1v) is 14.7. The largest absolute Gasteiger partial charge is 0.490 e. The maximum atomic E-state index is 12.6. The second kappa shape index (κ2) is 17.3. The molecule has 1 unspecified atom stereocenters. The van der Waals surface area contributed by atoms with Crippen LogP contribution in [0.25, 0.3) is 21.9 Å². The SMILES string of the molecule is Cc1ccnc(NCCCCC(=O)NCC(=O)NC(CC(=O)O)c2ccc(-c3ccc4ccccc4c3)cc2)c1.O=C(O)C(F)(F)F. The number of carboxylic acid groups (broad SMARTS) is 2. The Morgan fingerprint density at radius 1 is 0.830 bits per heavy atom. The van der Waals surface area contributed by atoms with Gasteiger partial charge in [-0.05, 0) is 71.0 Å². The summed E-state index contributed by atoms with van der Waals surface area (Å²) in [6.45, 7) is 2.48. The molecule has 1 atom stereocenters. The van der Waals surface area contributed by atoms with Gasteiger partial charge in [0.2, 0.25) is 11.8 Å². The van der Waals surface area contributed by atoms with Crippen LogP contribution in [0.3, 0.4) is 0 Å². The predicted octanol–water partition coefficient (Wildman–Crippen LogP) is 5.87. The van der Waals surface area contributed by atoms with Crippen LogP contribution < -0.4 is 16.0 Å². The summed E-state index contributed by atoms with van der Waals surface area (Å²) >= 11 is 0. The van der Waals surface area contributed by atoms with Gasteiger partial charge in [0.1, 0.15) is 5.82 Å². The molecule has 1 heterocycles. The maximum absolute atomic E-state index is 12.6. The Hall–Kier alpha value is -5.46. The third kappa shape index (κ3) is 12.5. The molecule has 0 spiro atoms. The van der Waals surface area contributed by atoms with Crippen molar-refractivity contribution in [2.45, 2.75) is 44.8 Å². The average Bonchev–Trinajstić information content (AvgIpc) is 3.03. The number of aryl methyl sites for hydroxylation is 1. The Morgan fingerprint density at radius 2 is 1.49 bits per heavy atom. The zero-order valence-corrected chi connectivity index (χ0v) is 25.5. The lowest BCUT2D eigenvalue weighted by molar-refractivity contribution is -0.192. The van der Waals surface area contributed by atoms with Crippen LogP contribution in [0.15, 0.2) is 85.1 Å². The van der Waals surface area contributed by atoms with Crippen molar-refractivity contribution in [3.8, 4) is 11.1 Å². The molecular weight excluding hydrogens is 617 g/mol. The highest BCUT2D eigenvalue weighted by Crippen LogP contribution is 2.26. The molecule has 4 aromatic rings. The molecule has 3 aromatic carbocycles. The number of carbonyl (C=O) groups is 4. The molecule has 0 bridgehead atoms. The number of unbranched alkanes of at least 4 members (excludes halogenated alkanes) is 1. The second-order valence-corrected chi connectivity index (χ2v) is 10.6. The van der Waals surface area contributed by atoms with Crippen LogP contribution in [-0.2, 0) is 19.2 Å². The van der Waals surface area contributed by atoms with Gasteiger partial charge in [0, 0.05) is 19.2 Å². The number of nitrogens with one attached hydrogen (secondary N) is 3. The molecule has 0 radical (unpaired) electrons. The van der Waals surface area contributed by atoms with Crippen molar-refractivity contribution in [1.82, 2.24) is 15.6 Å². The van der Waals surface area contributed by atoms with Crippen LogP contribution >= 0.6 is 0 Å². The van der Waals surface area contributed by atoms with Gasteiger partial charge in [0.25, 0.3) is 0 Å². The average molecular weight is 653 g/mol. The standard InChI is InChI=1S/C32H34N4O4.C2HF3O2/c1-22-15-17-34-29(18-22)33-16-5-4-8-30(37)35-21-31(38)36-28(20-32(39)40)25-12-9-24(10-13-25)27-14-11-23-6-2-3-7-26(23)19-27;3-2(4,5)1(6)7/h2-3,6-7,9-15,17-19,28H,4-5,8,16,20-21H2,1H3,(H,33,34)(H,35,37)(H,36,38)(H,39,40);(H,6,7). The van der Waals surface area contributed by atoms with E-state index in [0.717, 1.165) is 39.7 Å². The molecule has 4 rings (SSSR count). The van der Waals surface area contributed by atoms with E-state index in [1.807, 2.05) is 61.5 Å². The van der Waals surface area contributed by atoms with Crippen molar-refractivity contribution in [3.63, 3.8) is 0 Å². The van der Waals surface area contributed by atoms with E-state index in [9.17, 15) is 32.7 Å². The van der Waals surface area contributed by atoms with Gasteiger partial charge in [-0.3, -0.25) is 14.4 Å². The number of pyridine rings is 1. The highest BCUT2D eigenvalue weighted by atomic mass is 19.4. The molecule has 47 heavy (non-hydrogen) atoms. The van der Waals surface area contributed by atoms with Crippen LogP contribution in [0.4, 0.5) is 19.0 Å². The maximum Gasteiger partial charge on any atom is 0.490 e. The molecule has 0 saturated heterocycles. The van der Waals surface area contributed by atoms with Crippen LogP contribution in [0.2, 0.25) is 0 Å². The zero-order chi connectivity index (χ0) is 34.4. The lowest BCUT2D eigenvalue weighted by atomic mass is 9.97. The molecule has 0 aliphatic heterocycles. The number of fused-ring (bicyclic) bond motifs is 1. The highest BCUT2D eigenvalue weighted by Gasteiger charge is 2.38. The lowest BCUT2D eigenvalue weighted by Gasteiger charge is -2.18. The number of amides is 2. The quantitative estimate of drug-likeness (QED) is 0.112. The van der Waals surface area contributed by atoms with Gasteiger partial charge in [0.05, 0.1) is 19.0 Å². The summed E-state index contributed by atoms with van der Waals surface area (Å²) in [5.74, 6) is -3.64. The third-order valence-electron chi connectivity index (χ3n) is 6.85. The number of anilines is 1. The van der Waals surface area contributed by atoms with Crippen molar-refractivity contribution in [3.05, 3.63) is 96.2 Å². The van der Waals surface area contributed by atoms with Crippen LogP contribution in [0.1, 0.15) is 42.9 Å². The van der Waals surface area contributed by atoms with Crippen molar-refractivity contribution in [2.24, 2.45) is 0 Å². The Morgan fingerprint density at radius 3 is 2.13 bits per heavy atom. The monoisotopic (exact) mass is 652 g/mol. The van der Waals surface area contributed by atoms with E-state index in [-0.39, 0.29) is 18.9 Å². The number of halogens is 3. The summed E-state index contributed by atoms with van der Waals surface area (Å²) in [4.78, 5) is 49.4. The second-order valence-electron chi connectivity index (χ2n) is 10.6. The van der Waals surface area contributed by atoms with E-state index < -0.39 is 30.1 Å². The van der Waals surface area contributed by atoms with Gasteiger partial charge < -0.3 is 26.2 Å². The summed E-state index contributed by atoms with van der Waals surface area (Å²) in [6, 6.07) is 25.0. The number of aromatic nitrogens is 1. The fraction of sp³-hybridized carbons (Fsp3) is 0.265. The van der Waals surface area contributed by atoms with Gasteiger partial charge in [0.15, 0.2) is 0 Å². The highest BCUT2D eigenvalue weighted by molar-refractivity contribution is 5.87. The minimum Gasteiger partial charge on any atom is -0.481 e.